The first-order chi connectivity index (χ1) is 13.6. The Balaban J connectivity index is 2.27. The van der Waals surface area contributed by atoms with E-state index in [0.717, 1.165) is 0 Å². The first-order valence-electron chi connectivity index (χ1n) is 9.62. The summed E-state index contributed by atoms with van der Waals surface area (Å²) in [4.78, 5) is 24.0. The number of esters is 1. The van der Waals surface area contributed by atoms with Crippen LogP contribution in [-0.2, 0) is 25.5 Å². The number of nitrogens with two attached hydrogens (primary N) is 1. The largest absolute Gasteiger partial charge is 0.465 e. The second-order valence-electron chi connectivity index (χ2n) is 7.73. The monoisotopic (exact) mass is 427 g/mol. The number of ether oxygens (including phenoxy) is 3. The lowest BCUT2D eigenvalue weighted by atomic mass is 9.86. The molecule has 2 heterocycles. The van der Waals surface area contributed by atoms with Gasteiger partial charge in [-0.1, -0.05) is 11.6 Å². The van der Waals surface area contributed by atoms with E-state index >= 15 is 0 Å². The maximum atomic E-state index is 11.5. The minimum Gasteiger partial charge on any atom is -0.465 e. The molecule has 0 saturated carbocycles. The van der Waals surface area contributed by atoms with E-state index in [1.807, 2.05) is 32.3 Å². The number of hydrogen-bond acceptors (Lipinski definition) is 8. The molecule has 2 aromatic rings. The molecule has 2 aromatic heterocycles. The van der Waals surface area contributed by atoms with Crippen molar-refractivity contribution in [2.45, 2.75) is 59.8 Å². The second kappa shape index (κ2) is 10.2. The van der Waals surface area contributed by atoms with Crippen LogP contribution in [0.5, 0.6) is 0 Å². The standard InChI is InChI=1S/C19H30ClN5O4/c1-12(2)27-8-19(9-28-13(3)4,10-29-14(5)26)6-7-25-11-22-15-16(20)23-18(21)24-17(15)25/h11-13H,6-10H2,1-5H3,(H2,21,23,24). The number of halogens is 1. The quantitative estimate of drug-likeness (QED) is 0.430. The Morgan fingerprint density at radius 1 is 1.17 bits per heavy atom. The van der Waals surface area contributed by atoms with Gasteiger partial charge in [0.05, 0.1) is 37.2 Å². The predicted octanol–water partition coefficient (Wildman–Crippen LogP) is 2.85. The van der Waals surface area contributed by atoms with Crippen molar-refractivity contribution in [3.8, 4) is 0 Å². The zero-order valence-electron chi connectivity index (χ0n) is 17.6. The molecule has 0 aliphatic carbocycles. The Bertz CT molecular complexity index is 812. The maximum absolute atomic E-state index is 11.5. The fraction of sp³-hybridized carbons (Fsp3) is 0.684. The highest BCUT2D eigenvalue weighted by Crippen LogP contribution is 2.28. The van der Waals surface area contributed by atoms with E-state index in [-0.39, 0.29) is 35.9 Å². The molecule has 0 aliphatic heterocycles. The highest BCUT2D eigenvalue weighted by Gasteiger charge is 2.34. The van der Waals surface area contributed by atoms with Crippen LogP contribution in [0, 0.1) is 5.41 Å². The smallest absolute Gasteiger partial charge is 0.302 e. The van der Waals surface area contributed by atoms with Gasteiger partial charge in [-0.05, 0) is 34.1 Å². The van der Waals surface area contributed by atoms with Crippen molar-refractivity contribution < 1.29 is 19.0 Å². The number of carbonyl (C=O) groups excluding carboxylic acids is 1. The fourth-order valence-corrected chi connectivity index (χ4v) is 2.95. The average molecular weight is 428 g/mol. The van der Waals surface area contributed by atoms with E-state index < -0.39 is 5.41 Å². The first-order valence-corrected chi connectivity index (χ1v) is 10.00. The SMILES string of the molecule is CC(=O)OCC(CCn1cnc2c(Cl)nc(N)nc21)(COC(C)C)COC(C)C. The molecule has 2 N–H and O–H groups in total. The highest BCUT2D eigenvalue weighted by molar-refractivity contribution is 6.33. The summed E-state index contributed by atoms with van der Waals surface area (Å²) >= 11 is 6.11. The number of rotatable bonds is 11. The lowest BCUT2D eigenvalue weighted by molar-refractivity contribution is -0.151. The summed E-state index contributed by atoms with van der Waals surface area (Å²) in [5, 5.41) is 0.212. The van der Waals surface area contributed by atoms with Gasteiger partial charge < -0.3 is 24.5 Å². The fourth-order valence-electron chi connectivity index (χ4n) is 2.73. The third-order valence-corrected chi connectivity index (χ3v) is 4.61. The van der Waals surface area contributed by atoms with E-state index in [1.165, 1.54) is 6.92 Å². The Hall–Kier alpha value is -1.97. The van der Waals surface area contributed by atoms with E-state index in [2.05, 4.69) is 15.0 Å². The normalized spacial score (nSPS) is 12.3. The van der Waals surface area contributed by atoms with Crippen LogP contribution < -0.4 is 5.73 Å². The lowest BCUT2D eigenvalue weighted by Crippen LogP contribution is -2.40. The molecule has 29 heavy (non-hydrogen) atoms. The number of aromatic nitrogens is 4. The zero-order chi connectivity index (χ0) is 21.6. The van der Waals surface area contributed by atoms with Gasteiger partial charge in [-0.25, -0.2) is 4.98 Å². The van der Waals surface area contributed by atoms with Crippen LogP contribution in [0.25, 0.3) is 11.2 Å². The first kappa shape index (κ1) is 23.3. The summed E-state index contributed by atoms with van der Waals surface area (Å²) in [6.45, 7) is 10.7. The Morgan fingerprint density at radius 3 is 2.34 bits per heavy atom. The zero-order valence-corrected chi connectivity index (χ0v) is 18.4. The van der Waals surface area contributed by atoms with E-state index in [1.54, 1.807) is 6.33 Å². The minimum absolute atomic E-state index is 0.0335. The van der Waals surface area contributed by atoms with Crippen molar-refractivity contribution in [1.82, 2.24) is 19.5 Å². The number of carbonyl (C=O) groups is 1. The maximum Gasteiger partial charge on any atom is 0.302 e. The molecule has 0 unspecified atom stereocenters. The Labute approximate surface area is 175 Å². The lowest BCUT2D eigenvalue weighted by Gasteiger charge is -2.34. The van der Waals surface area contributed by atoms with E-state index in [0.29, 0.717) is 37.3 Å². The molecule has 0 spiro atoms. The van der Waals surface area contributed by atoms with Gasteiger partial charge in [-0.3, -0.25) is 4.79 Å². The molecule has 10 heteroatoms. The number of fused-ring (bicyclic) bond motifs is 1. The van der Waals surface area contributed by atoms with Gasteiger partial charge in [-0.2, -0.15) is 9.97 Å². The third kappa shape index (κ3) is 6.80. The van der Waals surface area contributed by atoms with Crippen LogP contribution in [0.1, 0.15) is 41.0 Å². The van der Waals surface area contributed by atoms with Gasteiger partial charge in [0.2, 0.25) is 5.95 Å². The van der Waals surface area contributed by atoms with Crippen molar-refractivity contribution in [3.05, 3.63) is 11.5 Å². The summed E-state index contributed by atoms with van der Waals surface area (Å²) in [6, 6.07) is 0. The van der Waals surface area contributed by atoms with Gasteiger partial charge in [0.1, 0.15) is 12.1 Å². The molecule has 0 fully saturated rings. The molecule has 0 aliphatic rings. The van der Waals surface area contributed by atoms with Crippen molar-refractivity contribution in [1.29, 1.82) is 0 Å². The predicted molar refractivity (Wildman–Crippen MR) is 111 cm³/mol. The molecule has 2 rings (SSSR count). The molecule has 9 nitrogen and oxygen atoms in total. The molecule has 0 aromatic carbocycles. The Kier molecular flexibility index (Phi) is 8.18. The molecule has 0 bridgehead atoms. The summed E-state index contributed by atoms with van der Waals surface area (Å²) < 4.78 is 19.0. The van der Waals surface area contributed by atoms with E-state index in [9.17, 15) is 4.79 Å². The molecular formula is C19H30ClN5O4. The van der Waals surface area contributed by atoms with Crippen LogP contribution in [0.4, 0.5) is 5.95 Å². The summed E-state index contributed by atoms with van der Waals surface area (Å²) in [7, 11) is 0. The summed E-state index contributed by atoms with van der Waals surface area (Å²) in [5.74, 6) is -0.259. The van der Waals surface area contributed by atoms with Crippen LogP contribution in [0.2, 0.25) is 5.15 Å². The molecule has 0 amide bonds. The number of anilines is 1. The topological polar surface area (TPSA) is 114 Å². The molecular weight excluding hydrogens is 398 g/mol. The number of imidazole rings is 1. The van der Waals surface area contributed by atoms with Gasteiger partial charge in [0.25, 0.3) is 0 Å². The van der Waals surface area contributed by atoms with Crippen LogP contribution in [0.15, 0.2) is 6.33 Å². The van der Waals surface area contributed by atoms with Crippen LogP contribution in [0.3, 0.4) is 0 Å². The van der Waals surface area contributed by atoms with Gasteiger partial charge >= 0.3 is 5.97 Å². The van der Waals surface area contributed by atoms with Crippen molar-refractivity contribution in [2.24, 2.45) is 5.41 Å². The summed E-state index contributed by atoms with van der Waals surface area (Å²) in [6.07, 6.45) is 2.32. The number of nitrogens with zero attached hydrogens (tertiary/aromatic N) is 4. The van der Waals surface area contributed by atoms with Gasteiger partial charge in [-0.15, -0.1) is 0 Å². The Morgan fingerprint density at radius 2 is 1.79 bits per heavy atom. The third-order valence-electron chi connectivity index (χ3n) is 4.35. The number of hydrogen-bond donors (Lipinski definition) is 1. The van der Waals surface area contributed by atoms with Crippen LogP contribution in [-0.4, -0.2) is 57.5 Å². The molecule has 0 saturated heterocycles. The number of nitrogen functional groups attached to an aromatic ring is 1. The van der Waals surface area contributed by atoms with E-state index in [4.69, 9.17) is 31.5 Å². The van der Waals surface area contributed by atoms with Gasteiger partial charge in [0, 0.05) is 13.5 Å². The highest BCUT2D eigenvalue weighted by atomic mass is 35.5. The minimum atomic E-state index is -0.529. The van der Waals surface area contributed by atoms with Crippen LogP contribution >= 0.6 is 11.6 Å². The molecule has 0 atom stereocenters. The molecule has 162 valence electrons. The second-order valence-corrected chi connectivity index (χ2v) is 8.09. The molecule has 0 radical (unpaired) electrons. The van der Waals surface area contributed by atoms with Crippen molar-refractivity contribution >= 4 is 34.7 Å². The average Bonchev–Trinajstić information content (AvgIpc) is 3.03. The van der Waals surface area contributed by atoms with Crippen molar-refractivity contribution in [3.63, 3.8) is 0 Å². The van der Waals surface area contributed by atoms with Crippen molar-refractivity contribution in [2.75, 3.05) is 25.6 Å². The van der Waals surface area contributed by atoms with Gasteiger partial charge in [0.15, 0.2) is 10.8 Å². The summed E-state index contributed by atoms with van der Waals surface area (Å²) in [5.41, 5.74) is 6.25. The number of aryl methyl sites for hydroxylation is 1.